The number of rotatable bonds is 7. The fourth-order valence-corrected chi connectivity index (χ4v) is 5.73. The van der Waals surface area contributed by atoms with Gasteiger partial charge >= 0.3 is 0 Å². The third kappa shape index (κ3) is 4.43. The van der Waals surface area contributed by atoms with E-state index in [0.29, 0.717) is 12.6 Å². The lowest BCUT2D eigenvalue weighted by Crippen LogP contribution is -2.49. The van der Waals surface area contributed by atoms with Crippen LogP contribution < -0.4 is 4.74 Å². The van der Waals surface area contributed by atoms with Gasteiger partial charge in [-0.3, -0.25) is 9.89 Å². The van der Waals surface area contributed by atoms with Gasteiger partial charge in [0.1, 0.15) is 11.9 Å². The van der Waals surface area contributed by atoms with Crippen molar-refractivity contribution < 1.29 is 9.16 Å². The van der Waals surface area contributed by atoms with Crippen molar-refractivity contribution in [1.29, 1.82) is 0 Å². The van der Waals surface area contributed by atoms with Crippen LogP contribution in [0.3, 0.4) is 0 Å². The molecular weight excluding hydrogens is 412 g/mol. The number of hydrogen-bond donors (Lipinski definition) is 0. The van der Waals surface area contributed by atoms with Crippen molar-refractivity contribution >= 4 is 14.0 Å². The lowest BCUT2D eigenvalue weighted by atomic mass is 9.92. The first-order valence-corrected chi connectivity index (χ1v) is 14.8. The molecule has 0 amide bonds. The Morgan fingerprint density at radius 2 is 1.72 bits per heavy atom. The summed E-state index contributed by atoms with van der Waals surface area (Å²) in [6.45, 7) is 12.3. The maximum atomic E-state index is 6.80. The second-order valence-corrected chi connectivity index (χ2v) is 15.4. The van der Waals surface area contributed by atoms with Gasteiger partial charge in [-0.15, -0.1) is 0 Å². The summed E-state index contributed by atoms with van der Waals surface area (Å²) in [5.41, 5.74) is 3.63. The topological polar surface area (TPSA) is 34.1 Å². The van der Waals surface area contributed by atoms with E-state index in [1.165, 1.54) is 17.7 Å². The molecule has 172 valence electrons. The number of benzene rings is 2. The molecule has 5 heteroatoms. The van der Waals surface area contributed by atoms with E-state index < -0.39 is 8.32 Å². The summed E-state index contributed by atoms with van der Waals surface area (Å²) in [4.78, 5) is 7.90. The average Bonchev–Trinajstić information content (AvgIpc) is 2.98. The Kier molecular flexibility index (Phi) is 6.62. The predicted molar refractivity (Wildman–Crippen MR) is 135 cm³/mol. The van der Waals surface area contributed by atoms with E-state index >= 15 is 0 Å². The fraction of sp³-hybridized carbons (Fsp3) is 0.519. The van der Waals surface area contributed by atoms with Crippen LogP contribution in [-0.4, -0.2) is 44.9 Å². The van der Waals surface area contributed by atoms with Gasteiger partial charge in [-0.25, -0.2) is 0 Å². The molecule has 0 unspecified atom stereocenters. The van der Waals surface area contributed by atoms with Crippen molar-refractivity contribution in [3.63, 3.8) is 0 Å². The van der Waals surface area contributed by atoms with Gasteiger partial charge in [0, 0.05) is 5.56 Å². The summed E-state index contributed by atoms with van der Waals surface area (Å²) in [5.74, 6) is 0.910. The van der Waals surface area contributed by atoms with Crippen LogP contribution in [0.4, 0.5) is 0 Å². The third-order valence-electron chi connectivity index (χ3n) is 7.58. The first-order chi connectivity index (χ1) is 15.2. The van der Waals surface area contributed by atoms with E-state index in [2.05, 4.69) is 81.2 Å². The Labute approximate surface area is 194 Å². The molecule has 4 nitrogen and oxygen atoms in total. The normalized spacial score (nSPS) is 22.5. The number of hydrogen-bond acceptors (Lipinski definition) is 4. The lowest BCUT2D eigenvalue weighted by Gasteiger charge is -2.43. The van der Waals surface area contributed by atoms with E-state index in [-0.39, 0.29) is 17.2 Å². The van der Waals surface area contributed by atoms with E-state index in [0.717, 1.165) is 24.2 Å². The van der Waals surface area contributed by atoms with Crippen LogP contribution in [-0.2, 0) is 4.43 Å². The predicted octanol–water partition coefficient (Wildman–Crippen LogP) is 6.44. The SMILES string of the molecule is COc1ccccc1C1=N[C@H]2CCC[C@@H]1N2[C@@H](CO[Si](C)(C)C(C)(C)C)c1ccccc1. The molecule has 2 aromatic carbocycles. The molecule has 1 saturated heterocycles. The summed E-state index contributed by atoms with van der Waals surface area (Å²) in [7, 11) is -0.119. The van der Waals surface area contributed by atoms with Crippen molar-refractivity contribution in [2.24, 2.45) is 4.99 Å². The van der Waals surface area contributed by atoms with Gasteiger partial charge in [-0.1, -0.05) is 63.2 Å². The van der Waals surface area contributed by atoms with Crippen LogP contribution >= 0.6 is 0 Å². The summed E-state index contributed by atoms with van der Waals surface area (Å²) >= 11 is 0. The van der Waals surface area contributed by atoms with Crippen molar-refractivity contribution in [2.45, 2.75) is 76.4 Å². The molecule has 0 aromatic heterocycles. The number of piperidine rings is 1. The van der Waals surface area contributed by atoms with Gasteiger partial charge in [0.15, 0.2) is 8.32 Å². The molecule has 1 fully saturated rings. The van der Waals surface area contributed by atoms with Crippen LogP contribution in [0.25, 0.3) is 0 Å². The molecular formula is C27H38N2O2Si. The zero-order valence-electron chi connectivity index (χ0n) is 20.5. The molecule has 2 heterocycles. The third-order valence-corrected chi connectivity index (χ3v) is 12.1. The van der Waals surface area contributed by atoms with Crippen molar-refractivity contribution in [1.82, 2.24) is 4.90 Å². The number of para-hydroxylation sites is 1. The Balaban J connectivity index is 1.68. The summed E-state index contributed by atoms with van der Waals surface area (Å²) in [6, 6.07) is 19.7. The van der Waals surface area contributed by atoms with Crippen LogP contribution in [0, 0.1) is 0 Å². The maximum Gasteiger partial charge on any atom is 0.192 e. The molecule has 2 aromatic rings. The lowest BCUT2D eigenvalue weighted by molar-refractivity contribution is 0.0563. The van der Waals surface area contributed by atoms with Crippen LogP contribution in [0.1, 0.15) is 57.2 Å². The van der Waals surface area contributed by atoms with Crippen molar-refractivity contribution in [3.05, 3.63) is 65.7 Å². The first kappa shape index (κ1) is 23.2. The molecule has 2 bridgehead atoms. The van der Waals surface area contributed by atoms with E-state index in [1.54, 1.807) is 7.11 Å². The highest BCUT2D eigenvalue weighted by atomic mass is 28.4. The Morgan fingerprint density at radius 3 is 2.41 bits per heavy atom. The molecule has 2 aliphatic heterocycles. The van der Waals surface area contributed by atoms with Crippen LogP contribution in [0.2, 0.25) is 18.1 Å². The highest BCUT2D eigenvalue weighted by Gasteiger charge is 2.45. The first-order valence-electron chi connectivity index (χ1n) is 11.9. The standard InChI is InChI=1S/C27H38N2O2Si/c1-27(2,3)32(5,6)31-19-23(20-13-8-7-9-14-20)29-22-16-12-18-25(29)28-26(22)21-15-10-11-17-24(21)30-4/h7-11,13-15,17,22-23,25H,12,16,18-19H2,1-6H3/t22-,23-,25+/m0/s1. The van der Waals surface area contributed by atoms with Gasteiger partial charge < -0.3 is 9.16 Å². The Bertz CT molecular complexity index is 952. The Morgan fingerprint density at radius 1 is 1.03 bits per heavy atom. The fourth-order valence-electron chi connectivity index (χ4n) is 4.72. The maximum absolute atomic E-state index is 6.80. The van der Waals surface area contributed by atoms with E-state index in [4.69, 9.17) is 14.2 Å². The summed E-state index contributed by atoms with van der Waals surface area (Å²) < 4.78 is 12.5. The summed E-state index contributed by atoms with van der Waals surface area (Å²) in [6.07, 6.45) is 3.62. The number of nitrogens with zero attached hydrogens (tertiary/aromatic N) is 2. The van der Waals surface area contributed by atoms with Gasteiger partial charge in [-0.05, 0) is 55.1 Å². The molecule has 4 rings (SSSR count). The van der Waals surface area contributed by atoms with Gasteiger partial charge in [-0.2, -0.15) is 0 Å². The molecule has 0 saturated carbocycles. The summed E-state index contributed by atoms with van der Waals surface area (Å²) in [5, 5.41) is 0.189. The van der Waals surface area contributed by atoms with Gasteiger partial charge in [0.25, 0.3) is 0 Å². The highest BCUT2D eigenvalue weighted by molar-refractivity contribution is 6.74. The molecule has 32 heavy (non-hydrogen) atoms. The van der Waals surface area contributed by atoms with Crippen molar-refractivity contribution in [2.75, 3.05) is 13.7 Å². The molecule has 0 N–H and O–H groups in total. The average molecular weight is 451 g/mol. The van der Waals surface area contributed by atoms with Crippen molar-refractivity contribution in [3.8, 4) is 5.75 Å². The zero-order chi connectivity index (χ0) is 22.9. The second kappa shape index (κ2) is 9.12. The van der Waals surface area contributed by atoms with E-state index in [9.17, 15) is 0 Å². The molecule has 0 aliphatic carbocycles. The Hall–Kier alpha value is -1.95. The molecule has 0 spiro atoms. The second-order valence-electron chi connectivity index (χ2n) is 10.6. The number of aliphatic imine (C=N–C) groups is 1. The minimum atomic E-state index is -1.87. The number of ether oxygens (including phenoxy) is 1. The number of methoxy groups -OCH3 is 1. The quantitative estimate of drug-likeness (QED) is 0.455. The zero-order valence-corrected chi connectivity index (χ0v) is 21.5. The minimum absolute atomic E-state index is 0.189. The monoisotopic (exact) mass is 450 g/mol. The largest absolute Gasteiger partial charge is 0.496 e. The van der Waals surface area contributed by atoms with E-state index in [1.807, 2.05) is 12.1 Å². The smallest absolute Gasteiger partial charge is 0.192 e. The van der Waals surface area contributed by atoms with Crippen LogP contribution in [0.5, 0.6) is 5.75 Å². The number of fused-ring (bicyclic) bond motifs is 2. The van der Waals surface area contributed by atoms with Crippen LogP contribution in [0.15, 0.2) is 59.6 Å². The molecule has 3 atom stereocenters. The molecule has 2 aliphatic rings. The highest BCUT2D eigenvalue weighted by Crippen LogP contribution is 2.42. The van der Waals surface area contributed by atoms with Gasteiger partial charge in [0.2, 0.25) is 0 Å². The van der Waals surface area contributed by atoms with Gasteiger partial charge in [0.05, 0.1) is 31.5 Å². The molecule has 0 radical (unpaired) electrons. The minimum Gasteiger partial charge on any atom is -0.496 e.